The van der Waals surface area contributed by atoms with E-state index in [0.717, 1.165) is 62.5 Å². The van der Waals surface area contributed by atoms with Crippen LogP contribution < -0.4 is 0 Å². The number of ether oxygens (including phenoxy) is 3. The van der Waals surface area contributed by atoms with Crippen molar-refractivity contribution in [2.45, 2.75) is 180 Å². The average molecular weight is 805 g/mol. The van der Waals surface area contributed by atoms with Gasteiger partial charge in [-0.2, -0.15) is 0 Å². The van der Waals surface area contributed by atoms with Gasteiger partial charge in [-0.25, -0.2) is 9.59 Å². The Hall–Kier alpha value is -4.07. The maximum absolute atomic E-state index is 12.1. The Kier molecular flexibility index (Phi) is 31.1. The predicted molar refractivity (Wildman–Crippen MR) is 236 cm³/mol. The monoisotopic (exact) mass is 805 g/mol. The van der Waals surface area contributed by atoms with Crippen molar-refractivity contribution in [1.29, 1.82) is 0 Å². The van der Waals surface area contributed by atoms with Gasteiger partial charge in [0.15, 0.2) is 0 Å². The third kappa shape index (κ3) is 31.0. The zero-order valence-corrected chi connectivity index (χ0v) is 35.7. The summed E-state index contributed by atoms with van der Waals surface area (Å²) in [5, 5.41) is 18.6. The molecule has 0 heterocycles. The number of rotatable bonds is 37. The average Bonchev–Trinajstić information content (AvgIpc) is 3.22. The molecule has 0 aromatic heterocycles. The molecule has 2 aromatic rings. The van der Waals surface area contributed by atoms with E-state index in [0.29, 0.717) is 26.2 Å². The van der Waals surface area contributed by atoms with Gasteiger partial charge in [-0.1, -0.05) is 172 Å². The number of esters is 3. The molecule has 0 unspecified atom stereocenters. The Morgan fingerprint density at radius 1 is 0.362 bits per heavy atom. The van der Waals surface area contributed by atoms with Gasteiger partial charge < -0.3 is 24.4 Å². The minimum Gasteiger partial charge on any atom is -0.508 e. The van der Waals surface area contributed by atoms with Crippen molar-refractivity contribution in [3.05, 3.63) is 71.8 Å². The summed E-state index contributed by atoms with van der Waals surface area (Å²) in [7, 11) is 0. The van der Waals surface area contributed by atoms with Gasteiger partial charge in [0.25, 0.3) is 0 Å². The highest BCUT2D eigenvalue weighted by molar-refractivity contribution is 5.87. The zero-order valence-electron chi connectivity index (χ0n) is 35.7. The van der Waals surface area contributed by atoms with Crippen molar-refractivity contribution >= 4 is 30.1 Å². The maximum Gasteiger partial charge on any atom is 0.330 e. The minimum atomic E-state index is -0.327. The molecule has 2 N–H and O–H groups in total. The standard InChI is InChI=1S/C50H76O8/c51-46-35-29-44(30-36-46)33-39-49(54)57-42-26-22-18-14-10-6-2-1-5-9-13-17-21-25-41-56-48(53)28-24-20-16-12-8-4-3-7-11-15-19-23-27-43-58-50(55)40-34-45-31-37-47(52)38-32-45/h29-40,51-52H,1-28,41-43H2/b39-33+,40-34+. The number of aromatic hydroxyl groups is 2. The van der Waals surface area contributed by atoms with E-state index in [1.807, 2.05) is 0 Å². The van der Waals surface area contributed by atoms with Crippen molar-refractivity contribution in [2.24, 2.45) is 0 Å². The summed E-state index contributed by atoms with van der Waals surface area (Å²) < 4.78 is 16.0. The second kappa shape index (κ2) is 36.0. The molecule has 0 saturated carbocycles. The van der Waals surface area contributed by atoms with Crippen molar-refractivity contribution < 1.29 is 38.8 Å². The normalized spacial score (nSPS) is 11.4. The maximum atomic E-state index is 12.1. The van der Waals surface area contributed by atoms with Gasteiger partial charge in [-0.3, -0.25) is 4.79 Å². The summed E-state index contributed by atoms with van der Waals surface area (Å²) in [6, 6.07) is 13.4. The van der Waals surface area contributed by atoms with Crippen molar-refractivity contribution in [3.63, 3.8) is 0 Å². The molecule has 8 nitrogen and oxygen atoms in total. The van der Waals surface area contributed by atoms with Crippen LogP contribution in [-0.4, -0.2) is 47.9 Å². The molecule has 0 bridgehead atoms. The summed E-state index contributed by atoms with van der Waals surface area (Å²) in [4.78, 5) is 35.7. The quantitative estimate of drug-likeness (QED) is 0.0300. The number of hydrogen-bond acceptors (Lipinski definition) is 8. The van der Waals surface area contributed by atoms with E-state index in [1.165, 1.54) is 134 Å². The van der Waals surface area contributed by atoms with Crippen LogP contribution in [0.4, 0.5) is 0 Å². The summed E-state index contributed by atoms with van der Waals surface area (Å²) >= 11 is 0. The SMILES string of the molecule is O=C(/C=C/c1ccc(O)cc1)OCCCCCCCCCCCCCCCCOC(=O)CCCCCCCCCCCCCCCOC(=O)/C=C/c1ccc(O)cc1. The zero-order chi connectivity index (χ0) is 41.6. The van der Waals surface area contributed by atoms with E-state index >= 15 is 0 Å². The van der Waals surface area contributed by atoms with Gasteiger partial charge in [-0.05, 0) is 73.2 Å². The van der Waals surface area contributed by atoms with Crippen LogP contribution >= 0.6 is 0 Å². The van der Waals surface area contributed by atoms with Gasteiger partial charge in [0.05, 0.1) is 19.8 Å². The van der Waals surface area contributed by atoms with E-state index in [1.54, 1.807) is 60.7 Å². The highest BCUT2D eigenvalue weighted by Crippen LogP contribution is 2.16. The number of phenols is 2. The van der Waals surface area contributed by atoms with Crippen LogP contribution in [0.15, 0.2) is 60.7 Å². The smallest absolute Gasteiger partial charge is 0.330 e. The lowest BCUT2D eigenvalue weighted by Crippen LogP contribution is -2.05. The molecule has 0 spiro atoms. The Labute approximate surface area is 350 Å². The van der Waals surface area contributed by atoms with Gasteiger partial charge in [0.2, 0.25) is 0 Å². The first-order valence-corrected chi connectivity index (χ1v) is 22.9. The van der Waals surface area contributed by atoms with Gasteiger partial charge in [-0.15, -0.1) is 0 Å². The molecule has 0 fully saturated rings. The highest BCUT2D eigenvalue weighted by Gasteiger charge is 2.04. The Bertz CT molecular complexity index is 1360. The van der Waals surface area contributed by atoms with Crippen LogP contribution in [0.1, 0.15) is 191 Å². The third-order valence-electron chi connectivity index (χ3n) is 10.4. The van der Waals surface area contributed by atoms with Crippen molar-refractivity contribution in [1.82, 2.24) is 0 Å². The lowest BCUT2D eigenvalue weighted by atomic mass is 10.0. The summed E-state index contributed by atoms with van der Waals surface area (Å²) in [6.45, 7) is 1.50. The van der Waals surface area contributed by atoms with Crippen LogP contribution in [0.3, 0.4) is 0 Å². The number of hydrogen-bond donors (Lipinski definition) is 2. The molecule has 0 aliphatic rings. The number of carbonyl (C=O) groups is 3. The largest absolute Gasteiger partial charge is 0.508 e. The highest BCUT2D eigenvalue weighted by atomic mass is 16.5. The first-order chi connectivity index (χ1) is 28.4. The molecule has 58 heavy (non-hydrogen) atoms. The molecular weight excluding hydrogens is 729 g/mol. The van der Waals surface area contributed by atoms with Gasteiger partial charge in [0.1, 0.15) is 11.5 Å². The fourth-order valence-corrected chi connectivity index (χ4v) is 6.84. The minimum absolute atomic E-state index is 0.0300. The first-order valence-electron chi connectivity index (χ1n) is 22.9. The van der Waals surface area contributed by atoms with Gasteiger partial charge >= 0.3 is 17.9 Å². The Balaban J connectivity index is 1.20. The van der Waals surface area contributed by atoms with Crippen molar-refractivity contribution in [3.8, 4) is 11.5 Å². The van der Waals surface area contributed by atoms with E-state index in [2.05, 4.69) is 0 Å². The first kappa shape index (κ1) is 50.1. The number of phenolic OH excluding ortho intramolecular Hbond substituents is 2. The second-order valence-electron chi connectivity index (χ2n) is 15.7. The fraction of sp³-hybridized carbons (Fsp3) is 0.620. The molecule has 0 aliphatic carbocycles. The van der Waals surface area contributed by atoms with Crippen LogP contribution in [-0.2, 0) is 28.6 Å². The molecule has 0 amide bonds. The topological polar surface area (TPSA) is 119 Å². The number of unbranched alkanes of at least 4 members (excludes halogenated alkanes) is 25. The summed E-state index contributed by atoms with van der Waals surface area (Å²) in [5.74, 6) is -0.269. The van der Waals surface area contributed by atoms with Crippen LogP contribution in [0.5, 0.6) is 11.5 Å². The predicted octanol–water partition coefficient (Wildman–Crippen LogP) is 13.4. The van der Waals surface area contributed by atoms with E-state index in [-0.39, 0.29) is 29.4 Å². The molecule has 0 aliphatic heterocycles. The van der Waals surface area contributed by atoms with E-state index in [9.17, 15) is 24.6 Å². The van der Waals surface area contributed by atoms with Crippen LogP contribution in [0.2, 0.25) is 0 Å². The Morgan fingerprint density at radius 2 is 0.621 bits per heavy atom. The molecule has 2 rings (SSSR count). The lowest BCUT2D eigenvalue weighted by Gasteiger charge is -2.06. The molecule has 324 valence electrons. The molecule has 0 atom stereocenters. The van der Waals surface area contributed by atoms with E-state index in [4.69, 9.17) is 14.2 Å². The lowest BCUT2D eigenvalue weighted by molar-refractivity contribution is -0.144. The number of benzene rings is 2. The van der Waals surface area contributed by atoms with Crippen molar-refractivity contribution in [2.75, 3.05) is 19.8 Å². The number of carbonyl (C=O) groups excluding carboxylic acids is 3. The van der Waals surface area contributed by atoms with Crippen LogP contribution in [0.25, 0.3) is 12.2 Å². The van der Waals surface area contributed by atoms with Gasteiger partial charge in [0, 0.05) is 18.6 Å². The van der Waals surface area contributed by atoms with E-state index < -0.39 is 0 Å². The molecule has 0 radical (unpaired) electrons. The van der Waals surface area contributed by atoms with Crippen LogP contribution in [0, 0.1) is 0 Å². The Morgan fingerprint density at radius 3 is 0.931 bits per heavy atom. The molecule has 8 heteroatoms. The summed E-state index contributed by atoms with van der Waals surface area (Å²) in [5.41, 5.74) is 1.70. The second-order valence-corrected chi connectivity index (χ2v) is 15.7. The molecule has 2 aromatic carbocycles. The third-order valence-corrected chi connectivity index (χ3v) is 10.4. The fourth-order valence-electron chi connectivity index (χ4n) is 6.84. The molecule has 0 saturated heterocycles. The summed E-state index contributed by atoms with van der Waals surface area (Å²) in [6.07, 6.45) is 39.1. The molecular formula is C50H76O8.